The zero-order chi connectivity index (χ0) is 21.7. The number of hydrogen-bond donors (Lipinski definition) is 1. The zero-order valence-electron chi connectivity index (χ0n) is 20.3. The van der Waals surface area contributed by atoms with Gasteiger partial charge in [0, 0.05) is 31.8 Å². The van der Waals surface area contributed by atoms with Gasteiger partial charge in [0.2, 0.25) is 5.91 Å². The molecule has 1 saturated heterocycles. The van der Waals surface area contributed by atoms with Gasteiger partial charge in [0.15, 0.2) is 0 Å². The van der Waals surface area contributed by atoms with Crippen molar-refractivity contribution in [3.8, 4) is 0 Å². The van der Waals surface area contributed by atoms with Crippen LogP contribution in [0, 0.1) is 0 Å². The third kappa shape index (κ3) is 15.8. The van der Waals surface area contributed by atoms with E-state index in [-0.39, 0.29) is 0 Å². The third-order valence-electron chi connectivity index (χ3n) is 6.48. The van der Waals surface area contributed by atoms with E-state index in [1.807, 2.05) is 4.90 Å². The Hall–Kier alpha value is -0.990. The summed E-state index contributed by atoms with van der Waals surface area (Å²) in [5, 5.41) is 3.48. The first-order chi connectivity index (χ1) is 14.7. The first-order valence-electron chi connectivity index (χ1n) is 13.4. The minimum absolute atomic E-state index is 0.368. The van der Waals surface area contributed by atoms with Crippen LogP contribution in [0.15, 0.2) is 12.3 Å². The molecule has 3 heteroatoms. The second-order valence-corrected chi connectivity index (χ2v) is 9.42. The van der Waals surface area contributed by atoms with Crippen molar-refractivity contribution in [2.45, 2.75) is 135 Å². The highest BCUT2D eigenvalue weighted by Crippen LogP contribution is 2.14. The van der Waals surface area contributed by atoms with Gasteiger partial charge in [-0.1, -0.05) is 97.0 Å². The lowest BCUT2D eigenvalue weighted by Gasteiger charge is -2.15. The summed E-state index contributed by atoms with van der Waals surface area (Å²) in [5.74, 6) is 0.368. The predicted molar refractivity (Wildman–Crippen MR) is 132 cm³/mol. The molecule has 0 saturated carbocycles. The Bertz CT molecular complexity index is 415. The largest absolute Gasteiger partial charge is 0.389 e. The van der Waals surface area contributed by atoms with E-state index in [1.54, 1.807) is 0 Å². The summed E-state index contributed by atoms with van der Waals surface area (Å²) in [4.78, 5) is 14.0. The van der Waals surface area contributed by atoms with E-state index in [1.165, 1.54) is 102 Å². The molecule has 0 aliphatic carbocycles. The average molecular weight is 421 g/mol. The van der Waals surface area contributed by atoms with Crippen LogP contribution in [0.5, 0.6) is 0 Å². The number of nitrogens with one attached hydrogen (secondary N) is 1. The summed E-state index contributed by atoms with van der Waals surface area (Å²) in [6, 6.07) is 0. The fourth-order valence-electron chi connectivity index (χ4n) is 4.41. The quantitative estimate of drug-likeness (QED) is 0.192. The molecule has 1 N–H and O–H groups in total. The Morgan fingerprint density at radius 3 is 1.73 bits per heavy atom. The highest BCUT2D eigenvalue weighted by atomic mass is 16.2. The highest BCUT2D eigenvalue weighted by Gasteiger charge is 2.16. The maximum atomic E-state index is 12.0. The van der Waals surface area contributed by atoms with Gasteiger partial charge in [-0.05, 0) is 38.5 Å². The Kier molecular flexibility index (Phi) is 18.0. The second kappa shape index (κ2) is 19.9. The molecular formula is C27H52N2O. The molecule has 0 atom stereocenters. The highest BCUT2D eigenvalue weighted by molar-refractivity contribution is 5.76. The van der Waals surface area contributed by atoms with Crippen LogP contribution in [-0.2, 0) is 4.79 Å². The zero-order valence-corrected chi connectivity index (χ0v) is 20.3. The Morgan fingerprint density at radius 2 is 1.17 bits per heavy atom. The Balaban J connectivity index is 1.75. The number of amides is 1. The number of carbonyl (C=O) groups excluding carboxylic acids is 1. The molecule has 30 heavy (non-hydrogen) atoms. The monoisotopic (exact) mass is 420 g/mol. The molecule has 0 aromatic heterocycles. The van der Waals surface area contributed by atoms with Crippen molar-refractivity contribution < 1.29 is 4.79 Å². The van der Waals surface area contributed by atoms with Crippen LogP contribution in [0.3, 0.4) is 0 Å². The molecule has 0 radical (unpaired) electrons. The van der Waals surface area contributed by atoms with E-state index in [0.29, 0.717) is 5.91 Å². The number of likely N-dealkylation sites (tertiary alicyclic amines) is 1. The molecule has 0 spiro atoms. The topological polar surface area (TPSA) is 32.3 Å². The molecule has 1 amide bonds. The van der Waals surface area contributed by atoms with Gasteiger partial charge in [-0.15, -0.1) is 0 Å². The van der Waals surface area contributed by atoms with Crippen molar-refractivity contribution in [2.24, 2.45) is 0 Å². The molecule has 0 unspecified atom stereocenters. The van der Waals surface area contributed by atoms with Crippen LogP contribution >= 0.6 is 0 Å². The maximum absolute atomic E-state index is 12.0. The molecule has 1 heterocycles. The van der Waals surface area contributed by atoms with E-state index < -0.39 is 0 Å². The van der Waals surface area contributed by atoms with Crippen LogP contribution < -0.4 is 5.32 Å². The first-order valence-corrected chi connectivity index (χ1v) is 13.4. The first kappa shape index (κ1) is 27.0. The van der Waals surface area contributed by atoms with Crippen LogP contribution in [0.1, 0.15) is 135 Å². The van der Waals surface area contributed by atoms with Gasteiger partial charge in [-0.2, -0.15) is 0 Å². The number of allylic oxidation sites excluding steroid dienone is 1. The van der Waals surface area contributed by atoms with E-state index in [9.17, 15) is 4.79 Å². The van der Waals surface area contributed by atoms with Crippen molar-refractivity contribution in [1.82, 2.24) is 10.2 Å². The lowest BCUT2D eigenvalue weighted by molar-refractivity contribution is -0.130. The molecule has 176 valence electrons. The van der Waals surface area contributed by atoms with E-state index >= 15 is 0 Å². The van der Waals surface area contributed by atoms with E-state index in [2.05, 4.69) is 18.8 Å². The molecular weight excluding hydrogens is 368 g/mol. The molecule has 0 bridgehead atoms. The average Bonchev–Trinajstić information content (AvgIpc) is 3.29. The van der Waals surface area contributed by atoms with Crippen LogP contribution in [0.25, 0.3) is 0 Å². The number of carbonyl (C=O) groups is 1. The summed E-state index contributed by atoms with van der Waals surface area (Å²) in [6.07, 6.45) is 25.8. The van der Waals surface area contributed by atoms with Gasteiger partial charge >= 0.3 is 0 Å². The van der Waals surface area contributed by atoms with Gasteiger partial charge in [0.1, 0.15) is 0 Å². The normalized spacial score (nSPS) is 13.7. The molecule has 1 rings (SSSR count). The third-order valence-corrected chi connectivity index (χ3v) is 6.48. The van der Waals surface area contributed by atoms with Gasteiger partial charge in [-0.3, -0.25) is 4.79 Å². The van der Waals surface area contributed by atoms with E-state index in [4.69, 9.17) is 0 Å². The smallest absolute Gasteiger partial charge is 0.222 e. The molecule has 1 fully saturated rings. The minimum Gasteiger partial charge on any atom is -0.389 e. The Labute approximate surface area is 188 Å². The summed E-state index contributed by atoms with van der Waals surface area (Å²) in [7, 11) is 0. The van der Waals surface area contributed by atoms with E-state index in [0.717, 1.165) is 51.7 Å². The Morgan fingerprint density at radius 1 is 0.700 bits per heavy atom. The fraction of sp³-hybridized carbons (Fsp3) is 0.889. The number of hydrogen-bond acceptors (Lipinski definition) is 2. The molecule has 0 aromatic rings. The summed E-state index contributed by atoms with van der Waals surface area (Å²) in [6.45, 7) is 9.44. The lowest BCUT2D eigenvalue weighted by Crippen LogP contribution is -2.27. The summed E-state index contributed by atoms with van der Waals surface area (Å²) in [5.41, 5.74) is 1.20. The standard InChI is InChI=1S/C27H52N2O/c1-3-4-5-6-7-8-9-10-11-12-13-14-16-21-26(2)28-23-18-15-17-22-27(30)29-24-19-20-25-29/h28H,2-25H2,1H3. The molecule has 1 aliphatic rings. The van der Waals surface area contributed by atoms with Crippen molar-refractivity contribution in [2.75, 3.05) is 19.6 Å². The second-order valence-electron chi connectivity index (χ2n) is 9.42. The van der Waals surface area contributed by atoms with Gasteiger partial charge in [0.25, 0.3) is 0 Å². The lowest BCUT2D eigenvalue weighted by atomic mass is 10.0. The number of rotatable bonds is 21. The molecule has 3 nitrogen and oxygen atoms in total. The minimum atomic E-state index is 0.368. The van der Waals surface area contributed by atoms with Crippen molar-refractivity contribution in [3.05, 3.63) is 12.3 Å². The van der Waals surface area contributed by atoms with Crippen molar-refractivity contribution >= 4 is 5.91 Å². The maximum Gasteiger partial charge on any atom is 0.222 e. The number of nitrogens with zero attached hydrogens (tertiary/aromatic N) is 1. The summed E-state index contributed by atoms with van der Waals surface area (Å²) < 4.78 is 0. The van der Waals surface area contributed by atoms with Crippen molar-refractivity contribution in [3.63, 3.8) is 0 Å². The SMILES string of the molecule is C=C(CCCCCCCCCCCCCCC)NCCCCCC(=O)N1CCCC1. The summed E-state index contributed by atoms with van der Waals surface area (Å²) >= 11 is 0. The van der Waals surface area contributed by atoms with Crippen LogP contribution in [0.2, 0.25) is 0 Å². The molecule has 0 aromatic carbocycles. The van der Waals surface area contributed by atoms with Crippen LogP contribution in [-0.4, -0.2) is 30.4 Å². The number of unbranched alkanes of at least 4 members (excludes halogenated alkanes) is 14. The van der Waals surface area contributed by atoms with Crippen LogP contribution in [0.4, 0.5) is 0 Å². The van der Waals surface area contributed by atoms with Gasteiger partial charge in [-0.25, -0.2) is 0 Å². The van der Waals surface area contributed by atoms with Crippen molar-refractivity contribution in [1.29, 1.82) is 0 Å². The predicted octanol–water partition coefficient (Wildman–Crippen LogP) is 7.75. The van der Waals surface area contributed by atoms with Gasteiger partial charge in [0.05, 0.1) is 0 Å². The fourth-order valence-corrected chi connectivity index (χ4v) is 4.41. The van der Waals surface area contributed by atoms with Gasteiger partial charge < -0.3 is 10.2 Å². The molecule has 1 aliphatic heterocycles.